The number of hydrogen-bond donors (Lipinski definition) is 2. The van der Waals surface area contributed by atoms with Crippen LogP contribution in [-0.4, -0.2) is 29.7 Å². The SMILES string of the molecule is CCOc1cc(NCC2(CN)CC2)ncn1. The summed E-state index contributed by atoms with van der Waals surface area (Å²) in [6.07, 6.45) is 3.93. The highest BCUT2D eigenvalue weighted by Crippen LogP contribution is 2.44. The summed E-state index contributed by atoms with van der Waals surface area (Å²) in [4.78, 5) is 8.16. The Morgan fingerprint density at radius 1 is 1.50 bits per heavy atom. The second kappa shape index (κ2) is 4.65. The lowest BCUT2D eigenvalue weighted by Gasteiger charge is -2.13. The molecule has 0 aliphatic heterocycles. The third-order valence-electron chi connectivity index (χ3n) is 2.97. The molecule has 3 N–H and O–H groups in total. The fourth-order valence-corrected chi connectivity index (χ4v) is 1.57. The molecule has 0 amide bonds. The molecule has 5 heteroatoms. The van der Waals surface area contributed by atoms with Crippen molar-refractivity contribution in [3.8, 4) is 5.88 Å². The van der Waals surface area contributed by atoms with Crippen LogP contribution in [0, 0.1) is 5.41 Å². The van der Waals surface area contributed by atoms with Gasteiger partial charge in [-0.2, -0.15) is 0 Å². The number of nitrogens with two attached hydrogens (primary N) is 1. The zero-order chi connectivity index (χ0) is 11.4. The monoisotopic (exact) mass is 222 g/mol. The second-order valence-electron chi connectivity index (χ2n) is 4.23. The number of rotatable bonds is 6. The maximum Gasteiger partial charge on any atom is 0.218 e. The number of nitrogens with one attached hydrogen (secondary N) is 1. The Balaban J connectivity index is 1.91. The van der Waals surface area contributed by atoms with Crippen LogP contribution < -0.4 is 15.8 Å². The number of ether oxygens (including phenoxy) is 1. The first-order valence-corrected chi connectivity index (χ1v) is 5.67. The van der Waals surface area contributed by atoms with Gasteiger partial charge in [-0.1, -0.05) is 0 Å². The molecule has 1 aromatic heterocycles. The molecule has 0 spiro atoms. The van der Waals surface area contributed by atoms with Gasteiger partial charge in [0.15, 0.2) is 0 Å². The summed E-state index contributed by atoms with van der Waals surface area (Å²) in [7, 11) is 0. The van der Waals surface area contributed by atoms with Gasteiger partial charge in [0, 0.05) is 12.6 Å². The molecule has 1 saturated carbocycles. The molecule has 1 aromatic rings. The van der Waals surface area contributed by atoms with Crippen LogP contribution in [0.4, 0.5) is 5.82 Å². The fraction of sp³-hybridized carbons (Fsp3) is 0.636. The van der Waals surface area contributed by atoms with Crippen LogP contribution >= 0.6 is 0 Å². The second-order valence-corrected chi connectivity index (χ2v) is 4.23. The summed E-state index contributed by atoms with van der Waals surface area (Å²) in [5.74, 6) is 1.41. The average Bonchev–Trinajstić information content (AvgIpc) is 3.08. The molecule has 0 atom stereocenters. The number of nitrogens with zero attached hydrogens (tertiary/aromatic N) is 2. The number of anilines is 1. The Bertz CT molecular complexity index is 352. The lowest BCUT2D eigenvalue weighted by atomic mass is 10.1. The Labute approximate surface area is 95.4 Å². The lowest BCUT2D eigenvalue weighted by molar-refractivity contribution is 0.326. The predicted octanol–water partition coefficient (Wildman–Crippen LogP) is 1.03. The van der Waals surface area contributed by atoms with E-state index in [0.717, 1.165) is 18.9 Å². The molecule has 2 rings (SSSR count). The molecule has 1 aliphatic carbocycles. The Kier molecular flexibility index (Phi) is 3.24. The molecule has 1 heterocycles. The molecule has 0 bridgehead atoms. The van der Waals surface area contributed by atoms with Gasteiger partial charge in [0.2, 0.25) is 5.88 Å². The van der Waals surface area contributed by atoms with Crippen molar-refractivity contribution < 1.29 is 4.74 Å². The van der Waals surface area contributed by atoms with Gasteiger partial charge in [0.25, 0.3) is 0 Å². The van der Waals surface area contributed by atoms with Crippen molar-refractivity contribution in [2.45, 2.75) is 19.8 Å². The fourth-order valence-electron chi connectivity index (χ4n) is 1.57. The summed E-state index contributed by atoms with van der Waals surface area (Å²) in [5, 5.41) is 3.29. The van der Waals surface area contributed by atoms with Crippen molar-refractivity contribution in [3.05, 3.63) is 12.4 Å². The van der Waals surface area contributed by atoms with Gasteiger partial charge < -0.3 is 15.8 Å². The van der Waals surface area contributed by atoms with E-state index >= 15 is 0 Å². The van der Waals surface area contributed by atoms with Crippen LogP contribution in [0.2, 0.25) is 0 Å². The molecular weight excluding hydrogens is 204 g/mol. The van der Waals surface area contributed by atoms with E-state index in [4.69, 9.17) is 10.5 Å². The van der Waals surface area contributed by atoms with E-state index < -0.39 is 0 Å². The first kappa shape index (κ1) is 11.1. The minimum atomic E-state index is 0.302. The smallest absolute Gasteiger partial charge is 0.218 e. The van der Waals surface area contributed by atoms with E-state index in [1.54, 1.807) is 0 Å². The summed E-state index contributed by atoms with van der Waals surface area (Å²) < 4.78 is 5.30. The van der Waals surface area contributed by atoms with Gasteiger partial charge in [-0.05, 0) is 31.7 Å². The van der Waals surface area contributed by atoms with Gasteiger partial charge >= 0.3 is 0 Å². The van der Waals surface area contributed by atoms with Crippen LogP contribution in [0.1, 0.15) is 19.8 Å². The average molecular weight is 222 g/mol. The normalized spacial score (nSPS) is 16.9. The standard InChI is InChI=1S/C11H18N4O/c1-2-16-10-5-9(14-8-15-10)13-7-11(6-12)3-4-11/h5,8H,2-4,6-7,12H2,1H3,(H,13,14,15). The minimum absolute atomic E-state index is 0.302. The van der Waals surface area contributed by atoms with Crippen molar-refractivity contribution in [3.63, 3.8) is 0 Å². The van der Waals surface area contributed by atoms with Crippen LogP contribution in [0.15, 0.2) is 12.4 Å². The van der Waals surface area contributed by atoms with E-state index in [0.29, 0.717) is 17.9 Å². The Morgan fingerprint density at radius 3 is 2.94 bits per heavy atom. The minimum Gasteiger partial charge on any atom is -0.478 e. The first-order chi connectivity index (χ1) is 7.78. The molecule has 0 radical (unpaired) electrons. The summed E-state index contributed by atoms with van der Waals surface area (Å²) in [5.41, 5.74) is 6.02. The van der Waals surface area contributed by atoms with E-state index in [-0.39, 0.29) is 0 Å². The van der Waals surface area contributed by atoms with Crippen molar-refractivity contribution in [1.82, 2.24) is 9.97 Å². The largest absolute Gasteiger partial charge is 0.478 e. The summed E-state index contributed by atoms with van der Waals surface area (Å²) in [6, 6.07) is 1.82. The topological polar surface area (TPSA) is 73.1 Å². The van der Waals surface area contributed by atoms with E-state index in [9.17, 15) is 0 Å². The van der Waals surface area contributed by atoms with E-state index in [1.807, 2.05) is 13.0 Å². The van der Waals surface area contributed by atoms with E-state index in [1.165, 1.54) is 19.2 Å². The van der Waals surface area contributed by atoms with Gasteiger partial charge in [0.05, 0.1) is 6.61 Å². The first-order valence-electron chi connectivity index (χ1n) is 5.67. The molecule has 0 unspecified atom stereocenters. The quantitative estimate of drug-likeness (QED) is 0.752. The highest BCUT2D eigenvalue weighted by molar-refractivity contribution is 5.37. The third kappa shape index (κ3) is 2.61. The molecule has 0 saturated heterocycles. The van der Waals surface area contributed by atoms with Gasteiger partial charge in [-0.3, -0.25) is 0 Å². The van der Waals surface area contributed by atoms with Crippen molar-refractivity contribution in [2.75, 3.05) is 25.0 Å². The van der Waals surface area contributed by atoms with Gasteiger partial charge in [0.1, 0.15) is 12.1 Å². The molecular formula is C11H18N4O. The molecule has 5 nitrogen and oxygen atoms in total. The van der Waals surface area contributed by atoms with Crippen LogP contribution in [0.25, 0.3) is 0 Å². The van der Waals surface area contributed by atoms with Crippen LogP contribution in [-0.2, 0) is 0 Å². The maximum absolute atomic E-state index is 5.71. The predicted molar refractivity (Wildman–Crippen MR) is 62.4 cm³/mol. The maximum atomic E-state index is 5.71. The van der Waals surface area contributed by atoms with Crippen LogP contribution in [0.5, 0.6) is 5.88 Å². The highest BCUT2D eigenvalue weighted by atomic mass is 16.5. The molecule has 1 aliphatic rings. The summed E-state index contributed by atoms with van der Waals surface area (Å²) in [6.45, 7) is 4.17. The molecule has 88 valence electrons. The highest BCUT2D eigenvalue weighted by Gasteiger charge is 2.40. The zero-order valence-corrected chi connectivity index (χ0v) is 9.57. The van der Waals surface area contributed by atoms with E-state index in [2.05, 4.69) is 15.3 Å². The van der Waals surface area contributed by atoms with Crippen molar-refractivity contribution >= 4 is 5.82 Å². The third-order valence-corrected chi connectivity index (χ3v) is 2.97. The zero-order valence-electron chi connectivity index (χ0n) is 9.57. The molecule has 0 aromatic carbocycles. The summed E-state index contributed by atoms with van der Waals surface area (Å²) >= 11 is 0. The van der Waals surface area contributed by atoms with Crippen molar-refractivity contribution in [2.24, 2.45) is 11.1 Å². The number of aromatic nitrogens is 2. The lowest BCUT2D eigenvalue weighted by Crippen LogP contribution is -2.24. The number of hydrogen-bond acceptors (Lipinski definition) is 5. The van der Waals surface area contributed by atoms with Gasteiger partial charge in [-0.15, -0.1) is 0 Å². The van der Waals surface area contributed by atoms with Crippen LogP contribution in [0.3, 0.4) is 0 Å². The molecule has 16 heavy (non-hydrogen) atoms. The molecule has 1 fully saturated rings. The Morgan fingerprint density at radius 2 is 2.31 bits per heavy atom. The van der Waals surface area contributed by atoms with Gasteiger partial charge in [-0.25, -0.2) is 9.97 Å². The van der Waals surface area contributed by atoms with Crippen molar-refractivity contribution in [1.29, 1.82) is 0 Å². The Hall–Kier alpha value is -1.36.